The van der Waals surface area contributed by atoms with Crippen molar-refractivity contribution in [3.05, 3.63) is 65.2 Å². The third-order valence-electron chi connectivity index (χ3n) is 3.42. The fraction of sp³-hybridized carbons (Fsp3) is 0.0588. The van der Waals surface area contributed by atoms with Crippen LogP contribution in [0.3, 0.4) is 0 Å². The first kappa shape index (κ1) is 14.4. The van der Waals surface area contributed by atoms with Crippen molar-refractivity contribution in [3.8, 4) is 5.75 Å². The lowest BCUT2D eigenvalue weighted by molar-refractivity contribution is -0.119. The monoisotopic (exact) mass is 313 g/mol. The summed E-state index contributed by atoms with van der Waals surface area (Å²) < 4.78 is 5.09. The van der Waals surface area contributed by atoms with Crippen LogP contribution >= 0.6 is 11.6 Å². The molecule has 2 aromatic rings. The molecule has 4 nitrogen and oxygen atoms in total. The Morgan fingerprint density at radius 1 is 0.909 bits per heavy atom. The Morgan fingerprint density at radius 3 is 2.14 bits per heavy atom. The van der Waals surface area contributed by atoms with Crippen LogP contribution in [-0.2, 0) is 9.59 Å². The fourth-order valence-electron chi connectivity index (χ4n) is 2.32. The van der Waals surface area contributed by atoms with Crippen LogP contribution in [-0.4, -0.2) is 18.9 Å². The van der Waals surface area contributed by atoms with E-state index in [2.05, 4.69) is 0 Å². The summed E-state index contributed by atoms with van der Waals surface area (Å²) in [6, 6.07) is 15.6. The summed E-state index contributed by atoms with van der Waals surface area (Å²) in [5, 5.41) is -0.0704. The number of amides is 2. The second kappa shape index (κ2) is 5.66. The number of carbonyl (C=O) groups is 2. The molecule has 2 amide bonds. The number of anilines is 1. The summed E-state index contributed by atoms with van der Waals surface area (Å²) in [7, 11) is 1.56. The number of benzene rings is 2. The minimum Gasteiger partial charge on any atom is -0.497 e. The minimum atomic E-state index is -0.510. The largest absolute Gasteiger partial charge is 0.497 e. The maximum Gasteiger partial charge on any atom is 0.277 e. The quantitative estimate of drug-likeness (QED) is 0.817. The summed E-state index contributed by atoms with van der Waals surface area (Å²) in [6.45, 7) is 0. The molecule has 1 aliphatic heterocycles. The maximum absolute atomic E-state index is 12.6. The Balaban J connectivity index is 2.01. The highest BCUT2D eigenvalue weighted by molar-refractivity contribution is 6.60. The second-order valence-electron chi connectivity index (χ2n) is 4.70. The van der Waals surface area contributed by atoms with Gasteiger partial charge in [0.25, 0.3) is 11.8 Å². The first-order valence-corrected chi connectivity index (χ1v) is 6.99. The van der Waals surface area contributed by atoms with Crippen molar-refractivity contribution in [3.63, 3.8) is 0 Å². The lowest BCUT2D eigenvalue weighted by Gasteiger charge is -2.14. The number of methoxy groups -OCH3 is 1. The zero-order valence-corrected chi connectivity index (χ0v) is 12.5. The summed E-state index contributed by atoms with van der Waals surface area (Å²) in [5.74, 6) is -0.271. The SMILES string of the molecule is COc1ccc(C2=C(Cl)C(=O)N(c3ccccc3)C2=O)cc1. The van der Waals surface area contributed by atoms with Gasteiger partial charge in [-0.2, -0.15) is 0 Å². The highest BCUT2D eigenvalue weighted by Crippen LogP contribution is 2.35. The molecule has 0 aliphatic carbocycles. The molecule has 110 valence electrons. The highest BCUT2D eigenvalue weighted by atomic mass is 35.5. The molecule has 0 bridgehead atoms. The molecule has 0 saturated heterocycles. The number of rotatable bonds is 3. The number of para-hydroxylation sites is 1. The van der Waals surface area contributed by atoms with Crippen molar-refractivity contribution in [1.29, 1.82) is 0 Å². The van der Waals surface area contributed by atoms with Gasteiger partial charge in [-0.05, 0) is 29.8 Å². The van der Waals surface area contributed by atoms with Crippen LogP contribution in [0.25, 0.3) is 5.57 Å². The third kappa shape index (κ3) is 2.27. The van der Waals surface area contributed by atoms with E-state index in [-0.39, 0.29) is 10.6 Å². The van der Waals surface area contributed by atoms with Gasteiger partial charge in [0, 0.05) is 0 Å². The lowest BCUT2D eigenvalue weighted by atomic mass is 10.1. The molecule has 5 heteroatoms. The van der Waals surface area contributed by atoms with Crippen LogP contribution in [0.2, 0.25) is 0 Å². The van der Waals surface area contributed by atoms with E-state index in [0.717, 1.165) is 4.90 Å². The molecule has 3 rings (SSSR count). The van der Waals surface area contributed by atoms with Crippen molar-refractivity contribution in [2.75, 3.05) is 12.0 Å². The molecule has 2 aromatic carbocycles. The summed E-state index contributed by atoms with van der Waals surface area (Å²) in [4.78, 5) is 26.0. The van der Waals surface area contributed by atoms with E-state index >= 15 is 0 Å². The number of halogens is 1. The molecular weight excluding hydrogens is 302 g/mol. The second-order valence-corrected chi connectivity index (χ2v) is 5.08. The average Bonchev–Trinajstić information content (AvgIpc) is 2.78. The van der Waals surface area contributed by atoms with Gasteiger partial charge in [-0.15, -0.1) is 0 Å². The molecule has 0 fully saturated rings. The van der Waals surface area contributed by atoms with Gasteiger partial charge in [0.15, 0.2) is 0 Å². The summed E-state index contributed by atoms with van der Waals surface area (Å²) in [5.41, 5.74) is 1.29. The van der Waals surface area contributed by atoms with Gasteiger partial charge < -0.3 is 4.74 Å². The Bertz CT molecular complexity index is 766. The van der Waals surface area contributed by atoms with E-state index in [9.17, 15) is 9.59 Å². The molecule has 1 heterocycles. The van der Waals surface area contributed by atoms with Gasteiger partial charge in [0.05, 0.1) is 18.4 Å². The Hall–Kier alpha value is -2.59. The minimum absolute atomic E-state index is 0.0704. The van der Waals surface area contributed by atoms with E-state index in [4.69, 9.17) is 16.3 Å². The first-order valence-electron chi connectivity index (χ1n) is 6.61. The molecule has 1 aliphatic rings. The van der Waals surface area contributed by atoms with E-state index in [1.807, 2.05) is 6.07 Å². The van der Waals surface area contributed by atoms with Gasteiger partial charge in [-0.1, -0.05) is 41.9 Å². The van der Waals surface area contributed by atoms with Gasteiger partial charge >= 0.3 is 0 Å². The zero-order chi connectivity index (χ0) is 15.7. The zero-order valence-electron chi connectivity index (χ0n) is 11.7. The highest BCUT2D eigenvalue weighted by Gasteiger charge is 2.39. The van der Waals surface area contributed by atoms with E-state index < -0.39 is 11.8 Å². The number of hydrogen-bond acceptors (Lipinski definition) is 3. The number of hydrogen-bond donors (Lipinski definition) is 0. The van der Waals surface area contributed by atoms with Crippen LogP contribution < -0.4 is 9.64 Å². The Kier molecular flexibility index (Phi) is 3.69. The van der Waals surface area contributed by atoms with Crippen LogP contribution in [0.15, 0.2) is 59.6 Å². The van der Waals surface area contributed by atoms with Crippen molar-refractivity contribution < 1.29 is 14.3 Å². The van der Waals surface area contributed by atoms with Gasteiger partial charge in [0.2, 0.25) is 0 Å². The maximum atomic E-state index is 12.6. The predicted molar refractivity (Wildman–Crippen MR) is 84.7 cm³/mol. The molecule has 22 heavy (non-hydrogen) atoms. The molecular formula is C17H12ClNO3. The number of ether oxygens (including phenoxy) is 1. The Labute approximate surface area is 132 Å². The van der Waals surface area contributed by atoms with E-state index in [1.165, 1.54) is 0 Å². The molecule has 0 unspecified atom stereocenters. The first-order chi connectivity index (χ1) is 10.6. The smallest absolute Gasteiger partial charge is 0.277 e. The van der Waals surface area contributed by atoms with Crippen LogP contribution in [0, 0.1) is 0 Å². The molecule has 0 saturated carbocycles. The molecule has 0 atom stereocenters. The molecule has 0 spiro atoms. The number of imide groups is 1. The van der Waals surface area contributed by atoms with E-state index in [0.29, 0.717) is 17.0 Å². The summed E-state index contributed by atoms with van der Waals surface area (Å²) >= 11 is 6.11. The van der Waals surface area contributed by atoms with Gasteiger partial charge in [-0.3, -0.25) is 9.59 Å². The van der Waals surface area contributed by atoms with Crippen LogP contribution in [0.4, 0.5) is 5.69 Å². The predicted octanol–water partition coefficient (Wildman–Crippen LogP) is 3.22. The number of carbonyl (C=O) groups excluding carboxylic acids is 2. The van der Waals surface area contributed by atoms with Crippen molar-refractivity contribution in [2.24, 2.45) is 0 Å². The lowest BCUT2D eigenvalue weighted by Crippen LogP contribution is -2.31. The fourth-order valence-corrected chi connectivity index (χ4v) is 2.60. The molecule has 0 aromatic heterocycles. The third-order valence-corrected chi connectivity index (χ3v) is 3.77. The standard InChI is InChI=1S/C17H12ClNO3/c1-22-13-9-7-11(8-10-13)14-15(18)17(21)19(16(14)20)12-5-3-2-4-6-12/h2-10H,1H3. The molecule has 0 radical (unpaired) electrons. The van der Waals surface area contributed by atoms with Gasteiger partial charge in [-0.25, -0.2) is 4.90 Å². The van der Waals surface area contributed by atoms with Crippen molar-refractivity contribution in [1.82, 2.24) is 0 Å². The average molecular weight is 314 g/mol. The van der Waals surface area contributed by atoms with Crippen molar-refractivity contribution >= 4 is 34.7 Å². The van der Waals surface area contributed by atoms with Crippen LogP contribution in [0.1, 0.15) is 5.56 Å². The normalized spacial score (nSPS) is 14.7. The number of nitrogens with zero attached hydrogens (tertiary/aromatic N) is 1. The van der Waals surface area contributed by atoms with Crippen molar-refractivity contribution in [2.45, 2.75) is 0 Å². The topological polar surface area (TPSA) is 46.6 Å². The summed E-state index contributed by atoms with van der Waals surface area (Å²) in [6.07, 6.45) is 0. The molecule has 0 N–H and O–H groups in total. The van der Waals surface area contributed by atoms with Gasteiger partial charge in [0.1, 0.15) is 10.8 Å². The van der Waals surface area contributed by atoms with E-state index in [1.54, 1.807) is 55.6 Å². The Morgan fingerprint density at radius 2 is 1.55 bits per heavy atom. The van der Waals surface area contributed by atoms with Crippen LogP contribution in [0.5, 0.6) is 5.75 Å².